The minimum Gasteiger partial charge on any atom is -0.242 e. The van der Waals surface area contributed by atoms with E-state index >= 15 is 0 Å². The zero-order valence-corrected chi connectivity index (χ0v) is 17.3. The van der Waals surface area contributed by atoms with Gasteiger partial charge in [-0.05, 0) is 66.1 Å². The molecule has 0 N–H and O–H groups in total. The van der Waals surface area contributed by atoms with Crippen LogP contribution in [0, 0.1) is 0 Å². The fourth-order valence-corrected chi connectivity index (χ4v) is 4.18. The highest BCUT2D eigenvalue weighted by atomic mass is 32.2. The number of hydrogen-bond acceptors (Lipinski definition) is 4. The third-order valence-corrected chi connectivity index (χ3v) is 5.74. The third kappa shape index (κ3) is 5.73. The Kier molecular flexibility index (Phi) is 6.63. The highest BCUT2D eigenvalue weighted by Gasteiger charge is 2.02. The van der Waals surface area contributed by atoms with Crippen LogP contribution in [0.2, 0.25) is 0 Å². The molecule has 0 bridgehead atoms. The molecule has 5 heteroatoms. The van der Waals surface area contributed by atoms with Crippen LogP contribution in [0.5, 0.6) is 0 Å². The Morgan fingerprint density at radius 3 is 2.14 bits per heavy atom. The largest absolute Gasteiger partial charge is 0.242 e. The molecule has 0 aliphatic carbocycles. The highest BCUT2D eigenvalue weighted by Crippen LogP contribution is 2.26. The Hall–Kier alpha value is -3.02. The lowest BCUT2D eigenvalue weighted by molar-refractivity contribution is 0.880. The van der Waals surface area contributed by atoms with Crippen molar-refractivity contribution in [1.29, 1.82) is 0 Å². The van der Waals surface area contributed by atoms with E-state index in [9.17, 15) is 0 Å². The van der Waals surface area contributed by atoms with Gasteiger partial charge in [-0.2, -0.15) is 5.10 Å². The SMILES string of the molecule is C(=CC(=Nc1ccc(-n2cccn2)cc1)Sc1ccccc1)Sc1ccccc1. The number of aromatic nitrogens is 2. The van der Waals surface area contributed by atoms with Crippen LogP contribution in [0.15, 0.2) is 130 Å². The number of hydrogen-bond donors (Lipinski definition) is 0. The monoisotopic (exact) mass is 413 g/mol. The van der Waals surface area contributed by atoms with Crippen molar-refractivity contribution < 1.29 is 0 Å². The molecule has 0 fully saturated rings. The molecule has 0 amide bonds. The fraction of sp³-hybridized carbons (Fsp3) is 0. The van der Waals surface area contributed by atoms with Gasteiger partial charge < -0.3 is 0 Å². The first kappa shape index (κ1) is 19.3. The van der Waals surface area contributed by atoms with E-state index in [1.807, 2.05) is 77.6 Å². The van der Waals surface area contributed by atoms with Gasteiger partial charge >= 0.3 is 0 Å². The van der Waals surface area contributed by atoms with Gasteiger partial charge in [0.15, 0.2) is 0 Å². The normalized spacial score (nSPS) is 11.8. The molecule has 3 nitrogen and oxygen atoms in total. The van der Waals surface area contributed by atoms with Crippen molar-refractivity contribution in [3.05, 3.63) is 115 Å². The van der Waals surface area contributed by atoms with Crippen LogP contribution in [0.4, 0.5) is 5.69 Å². The van der Waals surface area contributed by atoms with E-state index in [-0.39, 0.29) is 0 Å². The molecule has 1 aromatic heterocycles. The van der Waals surface area contributed by atoms with E-state index < -0.39 is 0 Å². The van der Waals surface area contributed by atoms with Gasteiger partial charge in [-0.1, -0.05) is 59.9 Å². The lowest BCUT2D eigenvalue weighted by Crippen LogP contribution is -1.93. The Morgan fingerprint density at radius 1 is 0.793 bits per heavy atom. The number of rotatable bonds is 6. The molecule has 0 saturated heterocycles. The molecular weight excluding hydrogens is 394 g/mol. The van der Waals surface area contributed by atoms with Crippen molar-refractivity contribution in [3.63, 3.8) is 0 Å². The van der Waals surface area contributed by atoms with E-state index in [0.717, 1.165) is 21.3 Å². The van der Waals surface area contributed by atoms with Gasteiger partial charge in [-0.15, -0.1) is 0 Å². The van der Waals surface area contributed by atoms with Gasteiger partial charge in [-0.3, -0.25) is 0 Å². The molecule has 0 aliphatic heterocycles. The summed E-state index contributed by atoms with van der Waals surface area (Å²) in [5, 5.41) is 7.29. The molecule has 29 heavy (non-hydrogen) atoms. The van der Waals surface area contributed by atoms with Gasteiger partial charge in [0.2, 0.25) is 0 Å². The second kappa shape index (κ2) is 9.96. The summed E-state index contributed by atoms with van der Waals surface area (Å²) in [4.78, 5) is 7.22. The standard InChI is InChI=1S/C24H19N3S2/c1-3-8-22(9-4-1)28-19-16-24(29-23-10-5-2-6-11-23)26-20-12-14-21(15-13-20)27-18-7-17-25-27/h1-19H. The third-order valence-electron chi connectivity index (χ3n) is 3.98. The van der Waals surface area contributed by atoms with Gasteiger partial charge in [0.25, 0.3) is 0 Å². The lowest BCUT2D eigenvalue weighted by Gasteiger charge is -2.04. The Bertz CT molecular complexity index is 1070. The van der Waals surface area contributed by atoms with E-state index in [2.05, 4.69) is 40.8 Å². The zero-order chi connectivity index (χ0) is 19.7. The average Bonchev–Trinajstić information content (AvgIpc) is 3.31. The van der Waals surface area contributed by atoms with Gasteiger partial charge in [-0.25, -0.2) is 9.67 Å². The molecule has 4 aromatic rings. The molecule has 3 aromatic carbocycles. The van der Waals surface area contributed by atoms with E-state index in [1.165, 1.54) is 4.90 Å². The van der Waals surface area contributed by atoms with E-state index in [0.29, 0.717) is 0 Å². The molecule has 0 atom stereocenters. The molecule has 142 valence electrons. The molecular formula is C24H19N3S2. The van der Waals surface area contributed by atoms with Crippen molar-refractivity contribution in [2.24, 2.45) is 4.99 Å². The van der Waals surface area contributed by atoms with Crippen molar-refractivity contribution in [2.45, 2.75) is 9.79 Å². The summed E-state index contributed by atoms with van der Waals surface area (Å²) in [5.41, 5.74) is 1.93. The summed E-state index contributed by atoms with van der Waals surface area (Å²) in [6, 6.07) is 30.6. The first-order valence-electron chi connectivity index (χ1n) is 9.17. The van der Waals surface area contributed by atoms with Crippen molar-refractivity contribution in [1.82, 2.24) is 9.78 Å². The van der Waals surface area contributed by atoms with Crippen LogP contribution in [0.3, 0.4) is 0 Å². The number of nitrogens with zero attached hydrogens (tertiary/aromatic N) is 3. The summed E-state index contributed by atoms with van der Waals surface area (Å²) in [6.07, 6.45) is 5.77. The lowest BCUT2D eigenvalue weighted by atomic mass is 10.3. The molecule has 0 radical (unpaired) electrons. The highest BCUT2D eigenvalue weighted by molar-refractivity contribution is 8.14. The molecule has 0 saturated carbocycles. The molecule has 0 aliphatic rings. The van der Waals surface area contributed by atoms with E-state index in [1.54, 1.807) is 29.7 Å². The minimum atomic E-state index is 0.911. The van der Waals surface area contributed by atoms with E-state index in [4.69, 9.17) is 4.99 Å². The first-order valence-corrected chi connectivity index (χ1v) is 10.9. The van der Waals surface area contributed by atoms with Crippen LogP contribution in [0.1, 0.15) is 0 Å². The fourth-order valence-electron chi connectivity index (χ4n) is 2.60. The molecule has 0 unspecified atom stereocenters. The molecule has 0 spiro atoms. The summed E-state index contributed by atoms with van der Waals surface area (Å²) in [7, 11) is 0. The summed E-state index contributed by atoms with van der Waals surface area (Å²) >= 11 is 3.34. The summed E-state index contributed by atoms with van der Waals surface area (Å²) in [6.45, 7) is 0. The Balaban J connectivity index is 1.55. The van der Waals surface area contributed by atoms with Crippen LogP contribution in [-0.4, -0.2) is 14.8 Å². The van der Waals surface area contributed by atoms with Gasteiger partial charge in [0.05, 0.1) is 11.4 Å². The van der Waals surface area contributed by atoms with Crippen molar-refractivity contribution in [2.75, 3.05) is 0 Å². The number of benzene rings is 3. The molecule has 4 rings (SSSR count). The second-order valence-electron chi connectivity index (χ2n) is 6.07. The maximum Gasteiger partial charge on any atom is 0.102 e. The summed E-state index contributed by atoms with van der Waals surface area (Å²) < 4.78 is 1.84. The maximum atomic E-state index is 4.86. The predicted molar refractivity (Wildman–Crippen MR) is 124 cm³/mol. The topological polar surface area (TPSA) is 30.2 Å². The van der Waals surface area contributed by atoms with Crippen LogP contribution < -0.4 is 0 Å². The van der Waals surface area contributed by atoms with Crippen LogP contribution in [0.25, 0.3) is 5.69 Å². The molecule has 1 heterocycles. The van der Waals surface area contributed by atoms with Crippen molar-refractivity contribution >= 4 is 34.3 Å². The summed E-state index contributed by atoms with van der Waals surface area (Å²) in [5.74, 6) is 0. The maximum absolute atomic E-state index is 4.86. The van der Waals surface area contributed by atoms with Crippen LogP contribution >= 0.6 is 23.5 Å². The Labute approximate surface area is 179 Å². The Morgan fingerprint density at radius 2 is 1.48 bits per heavy atom. The smallest absolute Gasteiger partial charge is 0.102 e. The average molecular weight is 414 g/mol. The van der Waals surface area contributed by atoms with Gasteiger partial charge in [0.1, 0.15) is 5.04 Å². The van der Waals surface area contributed by atoms with Crippen molar-refractivity contribution in [3.8, 4) is 5.69 Å². The zero-order valence-electron chi connectivity index (χ0n) is 15.6. The predicted octanol–water partition coefficient (Wildman–Crippen LogP) is 7.00. The number of thioether (sulfide) groups is 2. The van der Waals surface area contributed by atoms with Gasteiger partial charge in [0, 0.05) is 22.2 Å². The number of aliphatic imine (C=N–C) groups is 1. The first-order chi connectivity index (χ1) is 14.4. The quantitative estimate of drug-likeness (QED) is 0.194. The second-order valence-corrected chi connectivity index (χ2v) is 8.14. The van der Waals surface area contributed by atoms with Crippen LogP contribution in [-0.2, 0) is 0 Å². The minimum absolute atomic E-state index is 0.911.